The molecule has 0 spiro atoms. The number of ether oxygens (including phenoxy) is 1. The molecule has 1 saturated heterocycles. The second kappa shape index (κ2) is 6.47. The Hall–Kier alpha value is -1.95. The Morgan fingerprint density at radius 3 is 2.75 bits per heavy atom. The third-order valence-electron chi connectivity index (χ3n) is 3.46. The first-order valence-electron chi connectivity index (χ1n) is 6.76. The lowest BCUT2D eigenvalue weighted by Crippen LogP contribution is -2.36. The quantitative estimate of drug-likeness (QED) is 0.468. The van der Waals surface area contributed by atoms with Crippen LogP contribution in [0.3, 0.4) is 0 Å². The topological polar surface area (TPSA) is 72.7 Å². The molecule has 20 heavy (non-hydrogen) atoms. The lowest BCUT2D eigenvalue weighted by molar-refractivity contribution is -0.384. The first-order chi connectivity index (χ1) is 9.61. The number of carbonyl (C=O) groups excluding carboxylic acids is 1. The van der Waals surface area contributed by atoms with Crippen LogP contribution in [0, 0.1) is 10.1 Å². The van der Waals surface area contributed by atoms with Crippen molar-refractivity contribution in [2.24, 2.45) is 0 Å². The van der Waals surface area contributed by atoms with Crippen molar-refractivity contribution >= 4 is 11.7 Å². The van der Waals surface area contributed by atoms with Crippen LogP contribution in [0.1, 0.15) is 25.3 Å². The van der Waals surface area contributed by atoms with Crippen LogP contribution in [0.15, 0.2) is 24.3 Å². The fourth-order valence-electron chi connectivity index (χ4n) is 2.48. The Labute approximate surface area is 117 Å². The second-order valence-electron chi connectivity index (χ2n) is 4.80. The zero-order valence-electron chi connectivity index (χ0n) is 11.4. The van der Waals surface area contributed by atoms with Crippen molar-refractivity contribution in [2.75, 3.05) is 13.2 Å². The molecular formula is C14H18N2O4. The van der Waals surface area contributed by atoms with Gasteiger partial charge in [0.25, 0.3) is 5.69 Å². The highest BCUT2D eigenvalue weighted by molar-refractivity contribution is 5.76. The zero-order chi connectivity index (χ0) is 14.5. The fourth-order valence-corrected chi connectivity index (χ4v) is 2.48. The molecule has 1 fully saturated rings. The van der Waals surface area contributed by atoms with Gasteiger partial charge in [-0.3, -0.25) is 19.8 Å². The molecule has 0 amide bonds. The molecule has 1 atom stereocenters. The van der Waals surface area contributed by atoms with Crippen molar-refractivity contribution in [1.82, 2.24) is 4.90 Å². The van der Waals surface area contributed by atoms with Crippen molar-refractivity contribution in [2.45, 2.75) is 32.4 Å². The summed E-state index contributed by atoms with van der Waals surface area (Å²) in [5, 5.41) is 10.6. The van der Waals surface area contributed by atoms with Gasteiger partial charge < -0.3 is 4.74 Å². The van der Waals surface area contributed by atoms with Gasteiger partial charge in [-0.2, -0.15) is 0 Å². The molecule has 0 N–H and O–H groups in total. The summed E-state index contributed by atoms with van der Waals surface area (Å²) in [5.41, 5.74) is 1.05. The van der Waals surface area contributed by atoms with Gasteiger partial charge in [0.15, 0.2) is 0 Å². The van der Waals surface area contributed by atoms with Crippen LogP contribution >= 0.6 is 0 Å². The third-order valence-corrected chi connectivity index (χ3v) is 3.46. The van der Waals surface area contributed by atoms with Crippen LogP contribution in [0.5, 0.6) is 0 Å². The second-order valence-corrected chi connectivity index (χ2v) is 4.80. The predicted octanol–water partition coefficient (Wildman–Crippen LogP) is 2.12. The van der Waals surface area contributed by atoms with Gasteiger partial charge in [0, 0.05) is 18.7 Å². The molecule has 1 aromatic rings. The lowest BCUT2D eigenvalue weighted by Gasteiger charge is -2.22. The van der Waals surface area contributed by atoms with Gasteiger partial charge in [-0.05, 0) is 31.9 Å². The largest absolute Gasteiger partial charge is 0.465 e. The Kier molecular flexibility index (Phi) is 4.68. The maximum absolute atomic E-state index is 11.8. The maximum atomic E-state index is 11.8. The van der Waals surface area contributed by atoms with Crippen molar-refractivity contribution in [3.05, 3.63) is 39.9 Å². The van der Waals surface area contributed by atoms with Crippen LogP contribution in [0.2, 0.25) is 0 Å². The zero-order valence-corrected chi connectivity index (χ0v) is 11.4. The Morgan fingerprint density at radius 2 is 2.15 bits per heavy atom. The molecular weight excluding hydrogens is 260 g/mol. The first kappa shape index (κ1) is 14.5. The van der Waals surface area contributed by atoms with E-state index in [4.69, 9.17) is 4.74 Å². The van der Waals surface area contributed by atoms with Crippen LogP contribution < -0.4 is 0 Å². The van der Waals surface area contributed by atoms with Gasteiger partial charge in [0.2, 0.25) is 0 Å². The van der Waals surface area contributed by atoms with Crippen molar-refractivity contribution in [3.8, 4) is 0 Å². The van der Waals surface area contributed by atoms with Gasteiger partial charge in [0.1, 0.15) is 6.04 Å². The monoisotopic (exact) mass is 278 g/mol. The molecule has 1 unspecified atom stereocenters. The molecule has 108 valence electrons. The SMILES string of the molecule is CCOC(=O)C1CCCN1Cc1ccc([N+](=O)[O-])cc1. The number of nitro groups is 1. The van der Waals surface area contributed by atoms with Gasteiger partial charge in [-0.15, -0.1) is 0 Å². The maximum Gasteiger partial charge on any atom is 0.323 e. The van der Waals surface area contributed by atoms with Crippen molar-refractivity contribution in [1.29, 1.82) is 0 Å². The third kappa shape index (κ3) is 3.33. The minimum absolute atomic E-state index is 0.0807. The van der Waals surface area contributed by atoms with E-state index in [1.54, 1.807) is 19.1 Å². The van der Waals surface area contributed by atoms with E-state index in [1.165, 1.54) is 12.1 Å². The number of hydrogen-bond donors (Lipinski definition) is 0. The van der Waals surface area contributed by atoms with E-state index in [-0.39, 0.29) is 17.7 Å². The average Bonchev–Trinajstić information content (AvgIpc) is 2.88. The molecule has 1 aliphatic heterocycles. The fraction of sp³-hybridized carbons (Fsp3) is 0.500. The van der Waals surface area contributed by atoms with Gasteiger partial charge in [0.05, 0.1) is 11.5 Å². The predicted molar refractivity (Wildman–Crippen MR) is 73.2 cm³/mol. The summed E-state index contributed by atoms with van der Waals surface area (Å²) in [5.74, 6) is -0.174. The van der Waals surface area contributed by atoms with Crippen LogP contribution in [0.25, 0.3) is 0 Å². The number of rotatable bonds is 5. The van der Waals surface area contributed by atoms with Gasteiger partial charge >= 0.3 is 5.97 Å². The minimum atomic E-state index is -0.416. The number of esters is 1. The summed E-state index contributed by atoms with van der Waals surface area (Å²) in [6.45, 7) is 3.65. The summed E-state index contributed by atoms with van der Waals surface area (Å²) in [6.07, 6.45) is 1.78. The van der Waals surface area contributed by atoms with E-state index in [9.17, 15) is 14.9 Å². The molecule has 1 aliphatic rings. The summed E-state index contributed by atoms with van der Waals surface area (Å²) < 4.78 is 5.07. The Bertz CT molecular complexity index is 486. The smallest absolute Gasteiger partial charge is 0.323 e. The molecule has 0 aromatic heterocycles. The summed E-state index contributed by atoms with van der Waals surface area (Å²) in [6, 6.07) is 6.26. The summed E-state index contributed by atoms with van der Waals surface area (Å²) >= 11 is 0. The van der Waals surface area contributed by atoms with E-state index in [1.807, 2.05) is 0 Å². The van der Waals surface area contributed by atoms with Crippen molar-refractivity contribution < 1.29 is 14.5 Å². The van der Waals surface area contributed by atoms with E-state index in [2.05, 4.69) is 4.90 Å². The Morgan fingerprint density at radius 1 is 1.45 bits per heavy atom. The number of benzene rings is 1. The Balaban J connectivity index is 2.01. The molecule has 0 aliphatic carbocycles. The molecule has 0 bridgehead atoms. The van der Waals surface area contributed by atoms with Gasteiger partial charge in [-0.1, -0.05) is 12.1 Å². The highest BCUT2D eigenvalue weighted by Gasteiger charge is 2.31. The molecule has 1 heterocycles. The summed E-state index contributed by atoms with van der Waals surface area (Å²) in [4.78, 5) is 24.1. The number of nitro benzene ring substituents is 1. The van der Waals surface area contributed by atoms with E-state index >= 15 is 0 Å². The van der Waals surface area contributed by atoms with E-state index in [0.29, 0.717) is 13.2 Å². The minimum Gasteiger partial charge on any atom is -0.465 e. The average molecular weight is 278 g/mol. The van der Waals surface area contributed by atoms with Crippen LogP contribution in [-0.2, 0) is 16.1 Å². The lowest BCUT2D eigenvalue weighted by atomic mass is 10.1. The van der Waals surface area contributed by atoms with Crippen LogP contribution in [0.4, 0.5) is 5.69 Å². The molecule has 6 heteroatoms. The highest BCUT2D eigenvalue weighted by atomic mass is 16.6. The number of likely N-dealkylation sites (tertiary alicyclic amines) is 1. The number of carbonyl (C=O) groups is 1. The molecule has 6 nitrogen and oxygen atoms in total. The van der Waals surface area contributed by atoms with E-state index < -0.39 is 4.92 Å². The number of non-ortho nitro benzene ring substituents is 1. The molecule has 2 rings (SSSR count). The summed E-state index contributed by atoms with van der Waals surface area (Å²) in [7, 11) is 0. The normalized spacial score (nSPS) is 18.9. The van der Waals surface area contributed by atoms with E-state index in [0.717, 1.165) is 24.9 Å². The highest BCUT2D eigenvalue weighted by Crippen LogP contribution is 2.22. The standard InChI is InChI=1S/C14H18N2O4/c1-2-20-14(17)13-4-3-9-15(13)10-11-5-7-12(8-6-11)16(18)19/h5-8,13H,2-4,9-10H2,1H3. The number of hydrogen-bond acceptors (Lipinski definition) is 5. The van der Waals surface area contributed by atoms with Crippen molar-refractivity contribution in [3.63, 3.8) is 0 Å². The molecule has 0 radical (unpaired) electrons. The van der Waals surface area contributed by atoms with Gasteiger partial charge in [-0.25, -0.2) is 0 Å². The van der Waals surface area contributed by atoms with Crippen LogP contribution in [-0.4, -0.2) is 35.0 Å². The number of nitrogens with zero attached hydrogens (tertiary/aromatic N) is 2. The molecule has 0 saturated carbocycles. The first-order valence-corrected chi connectivity index (χ1v) is 6.76. The molecule has 1 aromatic carbocycles.